The summed E-state index contributed by atoms with van der Waals surface area (Å²) >= 11 is 0. The first kappa shape index (κ1) is 22.0. The van der Waals surface area contributed by atoms with E-state index in [4.69, 9.17) is 13.9 Å². The maximum absolute atomic E-state index is 12.9. The number of hydrogen-bond donors (Lipinski definition) is 1. The number of carbonyl (C=O) groups is 1. The van der Waals surface area contributed by atoms with Gasteiger partial charge in [-0.1, -0.05) is 18.2 Å². The molecule has 0 bridgehead atoms. The fraction of sp³-hybridized carbons (Fsp3) is 0.292. The number of furan rings is 1. The number of amides is 1. The van der Waals surface area contributed by atoms with Gasteiger partial charge in [-0.3, -0.25) is 4.79 Å². The Hall–Kier alpha value is -3.26. The topological polar surface area (TPSA) is 94.8 Å². The van der Waals surface area contributed by atoms with Crippen LogP contribution < -0.4 is 14.8 Å². The van der Waals surface area contributed by atoms with E-state index in [1.165, 1.54) is 24.5 Å². The van der Waals surface area contributed by atoms with E-state index >= 15 is 0 Å². The van der Waals surface area contributed by atoms with E-state index in [0.29, 0.717) is 22.7 Å². The van der Waals surface area contributed by atoms with Crippen molar-refractivity contribution in [1.82, 2.24) is 0 Å². The fourth-order valence-electron chi connectivity index (χ4n) is 3.78. The second kappa shape index (κ2) is 9.48. The van der Waals surface area contributed by atoms with Crippen molar-refractivity contribution in [2.75, 3.05) is 12.4 Å². The molecule has 0 spiro atoms. The van der Waals surface area contributed by atoms with Gasteiger partial charge >= 0.3 is 0 Å². The summed E-state index contributed by atoms with van der Waals surface area (Å²) in [6, 6.07) is 14.7. The molecule has 8 heteroatoms. The van der Waals surface area contributed by atoms with Crippen LogP contribution >= 0.6 is 0 Å². The van der Waals surface area contributed by atoms with E-state index < -0.39 is 15.7 Å². The average molecular weight is 456 g/mol. The highest BCUT2D eigenvalue weighted by atomic mass is 32.2. The Labute approximate surface area is 187 Å². The molecule has 0 radical (unpaired) electrons. The van der Waals surface area contributed by atoms with Crippen LogP contribution in [-0.2, 0) is 15.6 Å². The second-order valence-corrected chi connectivity index (χ2v) is 9.68. The van der Waals surface area contributed by atoms with E-state index in [9.17, 15) is 13.2 Å². The van der Waals surface area contributed by atoms with E-state index in [0.717, 1.165) is 25.7 Å². The van der Waals surface area contributed by atoms with E-state index in [1.54, 1.807) is 43.5 Å². The minimum atomic E-state index is -3.62. The minimum Gasteiger partial charge on any atom is -0.493 e. The maximum atomic E-state index is 12.9. The van der Waals surface area contributed by atoms with Crippen molar-refractivity contribution in [2.45, 2.75) is 42.4 Å². The smallest absolute Gasteiger partial charge is 0.291 e. The molecule has 1 aromatic heterocycles. The van der Waals surface area contributed by atoms with Gasteiger partial charge in [0.1, 0.15) is 0 Å². The third-order valence-corrected chi connectivity index (χ3v) is 7.10. The number of hydrogen-bond acceptors (Lipinski definition) is 6. The molecule has 1 saturated carbocycles. The van der Waals surface area contributed by atoms with Gasteiger partial charge in [-0.25, -0.2) is 8.42 Å². The highest BCUT2D eigenvalue weighted by Crippen LogP contribution is 2.34. The Kier molecular flexibility index (Phi) is 6.50. The van der Waals surface area contributed by atoms with Gasteiger partial charge in [-0.2, -0.15) is 0 Å². The van der Waals surface area contributed by atoms with E-state index in [1.807, 2.05) is 0 Å². The molecule has 4 rings (SSSR count). The summed E-state index contributed by atoms with van der Waals surface area (Å²) in [6.45, 7) is 0. The fourth-order valence-corrected chi connectivity index (χ4v) is 5.16. The first-order chi connectivity index (χ1) is 15.5. The lowest BCUT2D eigenvalue weighted by Gasteiger charge is -2.17. The third kappa shape index (κ3) is 4.96. The van der Waals surface area contributed by atoms with Crippen molar-refractivity contribution in [3.63, 3.8) is 0 Å². The summed E-state index contributed by atoms with van der Waals surface area (Å²) in [5.74, 6) is 0.226. The molecule has 0 atom stereocenters. The molecule has 0 unspecified atom stereocenters. The van der Waals surface area contributed by atoms with Gasteiger partial charge in [0.05, 0.1) is 30.1 Å². The van der Waals surface area contributed by atoms with Crippen LogP contribution in [0.15, 0.2) is 70.2 Å². The molecule has 1 heterocycles. The molecule has 0 saturated heterocycles. The number of benzene rings is 2. The van der Waals surface area contributed by atoms with Crippen LogP contribution in [0.1, 0.15) is 41.8 Å². The lowest BCUT2D eigenvalue weighted by atomic mass is 10.2. The van der Waals surface area contributed by atoms with Crippen molar-refractivity contribution in [3.05, 3.63) is 72.2 Å². The Morgan fingerprint density at radius 3 is 2.53 bits per heavy atom. The Morgan fingerprint density at radius 1 is 1.06 bits per heavy atom. The normalized spacial score (nSPS) is 14.3. The Balaban J connectivity index is 1.51. The van der Waals surface area contributed by atoms with Crippen molar-refractivity contribution < 1.29 is 27.1 Å². The predicted octanol–water partition coefficient (Wildman–Crippen LogP) is 4.84. The van der Waals surface area contributed by atoms with Crippen molar-refractivity contribution in [1.29, 1.82) is 0 Å². The number of ether oxygens (including phenoxy) is 2. The molecule has 1 amide bonds. The van der Waals surface area contributed by atoms with Crippen LogP contribution in [0.5, 0.6) is 11.5 Å². The molecule has 1 fully saturated rings. The summed E-state index contributed by atoms with van der Waals surface area (Å²) in [5.41, 5.74) is 0.791. The van der Waals surface area contributed by atoms with Gasteiger partial charge < -0.3 is 19.2 Å². The van der Waals surface area contributed by atoms with Crippen molar-refractivity contribution in [2.24, 2.45) is 0 Å². The zero-order valence-corrected chi connectivity index (χ0v) is 18.6. The molecule has 1 aliphatic carbocycles. The highest BCUT2D eigenvalue weighted by Gasteiger charge is 2.23. The molecular formula is C24H25NO6S. The summed E-state index contributed by atoms with van der Waals surface area (Å²) in [6.07, 6.45) is 5.70. The highest BCUT2D eigenvalue weighted by molar-refractivity contribution is 7.90. The molecule has 1 aliphatic rings. The van der Waals surface area contributed by atoms with Crippen LogP contribution in [0.3, 0.4) is 0 Å². The largest absolute Gasteiger partial charge is 0.493 e. The standard InChI is InChI=1S/C24H25NO6S/c1-29-21-12-11-18(15-22(21)31-19-7-5-6-8-19)25-24(26)23-17(13-14-30-23)16-32(27,28)20-9-3-2-4-10-20/h2-4,9-15,19H,5-8,16H2,1H3,(H,25,26). The number of rotatable bonds is 8. The molecule has 32 heavy (non-hydrogen) atoms. The number of methoxy groups -OCH3 is 1. The first-order valence-electron chi connectivity index (χ1n) is 10.5. The quantitative estimate of drug-likeness (QED) is 0.522. The third-order valence-electron chi connectivity index (χ3n) is 5.42. The van der Waals surface area contributed by atoms with Gasteiger partial charge in [0.2, 0.25) is 0 Å². The van der Waals surface area contributed by atoms with Crippen LogP contribution in [0.4, 0.5) is 5.69 Å². The molecule has 0 aliphatic heterocycles. The van der Waals surface area contributed by atoms with Crippen LogP contribution in [0, 0.1) is 0 Å². The summed E-state index contributed by atoms with van der Waals surface area (Å²) in [4.78, 5) is 13.0. The molecule has 7 nitrogen and oxygen atoms in total. The van der Waals surface area contributed by atoms with Gasteiger partial charge in [-0.05, 0) is 56.0 Å². The van der Waals surface area contributed by atoms with Crippen molar-refractivity contribution in [3.8, 4) is 11.5 Å². The Bertz CT molecular complexity index is 1180. The van der Waals surface area contributed by atoms with E-state index in [2.05, 4.69) is 5.32 Å². The average Bonchev–Trinajstić information content (AvgIpc) is 3.46. The van der Waals surface area contributed by atoms with Crippen LogP contribution in [0.2, 0.25) is 0 Å². The zero-order valence-electron chi connectivity index (χ0n) is 17.7. The predicted molar refractivity (Wildman–Crippen MR) is 120 cm³/mol. The molecule has 168 valence electrons. The maximum Gasteiger partial charge on any atom is 0.291 e. The number of nitrogens with one attached hydrogen (secondary N) is 1. The lowest BCUT2D eigenvalue weighted by Crippen LogP contribution is -2.15. The first-order valence-corrected chi connectivity index (χ1v) is 12.1. The molecule has 2 aromatic carbocycles. The minimum absolute atomic E-state index is 0.0430. The van der Waals surface area contributed by atoms with E-state index in [-0.39, 0.29) is 22.5 Å². The zero-order chi connectivity index (χ0) is 22.6. The van der Waals surface area contributed by atoms with Gasteiger partial charge in [0, 0.05) is 17.3 Å². The number of anilines is 1. The molecule has 3 aromatic rings. The molecular weight excluding hydrogens is 430 g/mol. The van der Waals surface area contributed by atoms with Crippen molar-refractivity contribution >= 4 is 21.4 Å². The van der Waals surface area contributed by atoms with Gasteiger partial charge in [-0.15, -0.1) is 0 Å². The lowest BCUT2D eigenvalue weighted by molar-refractivity contribution is 0.0995. The van der Waals surface area contributed by atoms with Gasteiger partial charge in [0.15, 0.2) is 27.1 Å². The summed E-state index contributed by atoms with van der Waals surface area (Å²) in [7, 11) is -2.05. The molecule has 1 N–H and O–H groups in total. The van der Waals surface area contributed by atoms with Gasteiger partial charge in [0.25, 0.3) is 5.91 Å². The van der Waals surface area contributed by atoms with Crippen LogP contribution in [-0.4, -0.2) is 27.5 Å². The SMILES string of the molecule is COc1ccc(NC(=O)c2occc2CS(=O)(=O)c2ccccc2)cc1OC1CCCC1. The summed E-state index contributed by atoms with van der Waals surface area (Å²) in [5, 5.41) is 2.76. The van der Waals surface area contributed by atoms with Crippen LogP contribution in [0.25, 0.3) is 0 Å². The number of carbonyl (C=O) groups excluding carboxylic acids is 1. The Morgan fingerprint density at radius 2 is 1.81 bits per heavy atom. The number of sulfone groups is 1. The second-order valence-electron chi connectivity index (χ2n) is 7.69. The monoisotopic (exact) mass is 455 g/mol. The summed E-state index contributed by atoms with van der Waals surface area (Å²) < 4.78 is 42.2.